The molecule has 0 amide bonds. The van der Waals surface area contributed by atoms with Crippen LogP contribution in [0.1, 0.15) is 63.1 Å². The Bertz CT molecular complexity index is 463. The van der Waals surface area contributed by atoms with Crippen LogP contribution in [0.25, 0.3) is 0 Å². The van der Waals surface area contributed by atoms with Crippen molar-refractivity contribution in [2.75, 3.05) is 6.61 Å². The molecule has 0 aliphatic carbocycles. The topological polar surface area (TPSA) is 26.3 Å². The van der Waals surface area contributed by atoms with Crippen molar-refractivity contribution in [3.8, 4) is 5.75 Å². The van der Waals surface area contributed by atoms with Gasteiger partial charge >= 0.3 is 0 Å². The van der Waals surface area contributed by atoms with Crippen LogP contribution in [0.3, 0.4) is 0 Å². The molecule has 0 spiro atoms. The number of rotatable bonds is 9. The normalized spacial score (nSPS) is 12.2. The molecule has 2 nitrogen and oxygen atoms in total. The molecule has 2 heteroatoms. The highest BCUT2D eigenvalue weighted by Gasteiger charge is 2.13. The molecule has 21 heavy (non-hydrogen) atoms. The van der Waals surface area contributed by atoms with Gasteiger partial charge in [-0.15, -0.1) is 0 Å². The van der Waals surface area contributed by atoms with Gasteiger partial charge in [0.05, 0.1) is 6.61 Å². The quantitative estimate of drug-likeness (QED) is 0.637. The van der Waals surface area contributed by atoms with Crippen LogP contribution in [0.2, 0.25) is 0 Å². The van der Waals surface area contributed by atoms with Gasteiger partial charge in [0.15, 0.2) is 0 Å². The number of ether oxygens (including phenoxy) is 1. The lowest BCUT2D eigenvalue weighted by Crippen LogP contribution is -2.09. The molecule has 1 atom stereocenters. The molecule has 0 saturated carbocycles. The zero-order valence-electron chi connectivity index (χ0n) is 14.3. The molecule has 0 radical (unpaired) electrons. The van der Waals surface area contributed by atoms with E-state index in [4.69, 9.17) is 4.74 Å². The van der Waals surface area contributed by atoms with Crippen LogP contribution >= 0.6 is 0 Å². The number of carbonyl (C=O) groups is 1. The summed E-state index contributed by atoms with van der Waals surface area (Å²) in [5.74, 6) is 1.79. The van der Waals surface area contributed by atoms with Crippen LogP contribution < -0.4 is 4.74 Å². The first kappa shape index (κ1) is 17.7. The number of hydrogen-bond acceptors (Lipinski definition) is 2. The minimum Gasteiger partial charge on any atom is -0.493 e. The molecule has 1 rings (SSSR count). The molecule has 0 saturated heterocycles. The lowest BCUT2D eigenvalue weighted by Gasteiger charge is -2.17. The first-order valence-corrected chi connectivity index (χ1v) is 8.23. The van der Waals surface area contributed by atoms with E-state index in [-0.39, 0.29) is 0 Å². The van der Waals surface area contributed by atoms with Gasteiger partial charge in [-0.1, -0.05) is 26.8 Å². The van der Waals surface area contributed by atoms with E-state index in [0.717, 1.165) is 31.6 Å². The molecule has 1 unspecified atom stereocenters. The second kappa shape index (κ2) is 8.86. The van der Waals surface area contributed by atoms with Crippen LogP contribution in [-0.2, 0) is 11.2 Å². The van der Waals surface area contributed by atoms with Gasteiger partial charge in [0, 0.05) is 12.8 Å². The third-order valence-corrected chi connectivity index (χ3v) is 3.98. The van der Waals surface area contributed by atoms with Crippen molar-refractivity contribution in [1.82, 2.24) is 0 Å². The lowest BCUT2D eigenvalue weighted by molar-refractivity contribution is -0.119. The van der Waals surface area contributed by atoms with E-state index in [1.807, 2.05) is 0 Å². The summed E-state index contributed by atoms with van der Waals surface area (Å²) in [4.78, 5) is 11.7. The maximum atomic E-state index is 11.7. The maximum Gasteiger partial charge on any atom is 0.133 e. The summed E-state index contributed by atoms with van der Waals surface area (Å²) in [6.07, 6.45) is 4.35. The maximum absolute atomic E-state index is 11.7. The highest BCUT2D eigenvalue weighted by molar-refractivity contribution is 5.78. The average Bonchev–Trinajstić information content (AvgIpc) is 2.43. The molecule has 0 aromatic heterocycles. The van der Waals surface area contributed by atoms with E-state index in [2.05, 4.69) is 46.8 Å². The average molecular weight is 290 g/mol. The van der Waals surface area contributed by atoms with Crippen molar-refractivity contribution in [1.29, 1.82) is 0 Å². The molecular formula is C19H30O2. The fraction of sp³-hybridized carbons (Fsp3) is 0.632. The Balaban J connectivity index is 2.71. The van der Waals surface area contributed by atoms with Crippen molar-refractivity contribution in [2.45, 2.75) is 66.7 Å². The Kier molecular flexibility index (Phi) is 7.49. The van der Waals surface area contributed by atoms with Crippen molar-refractivity contribution in [3.05, 3.63) is 28.8 Å². The van der Waals surface area contributed by atoms with Gasteiger partial charge in [0.2, 0.25) is 0 Å². The highest BCUT2D eigenvalue weighted by Crippen LogP contribution is 2.26. The van der Waals surface area contributed by atoms with E-state index < -0.39 is 0 Å². The summed E-state index contributed by atoms with van der Waals surface area (Å²) in [5.41, 5.74) is 3.87. The first-order valence-electron chi connectivity index (χ1n) is 8.23. The summed E-state index contributed by atoms with van der Waals surface area (Å²) in [5, 5.41) is 0. The monoisotopic (exact) mass is 290 g/mol. The summed E-state index contributed by atoms with van der Waals surface area (Å²) in [6.45, 7) is 11.4. The minimum absolute atomic E-state index is 0.391. The van der Waals surface area contributed by atoms with E-state index in [1.165, 1.54) is 16.7 Å². The smallest absolute Gasteiger partial charge is 0.133 e. The van der Waals surface area contributed by atoms with Crippen LogP contribution in [0, 0.1) is 19.8 Å². The molecule has 0 N–H and O–H groups in total. The van der Waals surface area contributed by atoms with Crippen LogP contribution in [0.4, 0.5) is 0 Å². The Hall–Kier alpha value is -1.31. The second-order valence-electron chi connectivity index (χ2n) is 6.12. The van der Waals surface area contributed by atoms with Gasteiger partial charge in [0.25, 0.3) is 0 Å². The van der Waals surface area contributed by atoms with Gasteiger partial charge in [-0.2, -0.15) is 0 Å². The van der Waals surface area contributed by atoms with Crippen molar-refractivity contribution in [2.24, 2.45) is 5.92 Å². The fourth-order valence-corrected chi connectivity index (χ4v) is 2.66. The fourth-order valence-electron chi connectivity index (χ4n) is 2.66. The standard InChI is InChI=1S/C19H30O2/c1-6-8-18(20)13-14(3)12-17-9-10-19(21-11-7-2)16(5)15(17)4/h9-10,14H,6-8,11-13H2,1-5H3. The molecular weight excluding hydrogens is 260 g/mol. The molecule has 0 aliphatic rings. The van der Waals surface area contributed by atoms with Gasteiger partial charge in [-0.05, 0) is 61.8 Å². The summed E-state index contributed by atoms with van der Waals surface area (Å²) >= 11 is 0. The third kappa shape index (κ3) is 5.53. The Morgan fingerprint density at radius 3 is 2.48 bits per heavy atom. The molecule has 0 aliphatic heterocycles. The zero-order chi connectivity index (χ0) is 15.8. The van der Waals surface area contributed by atoms with Crippen LogP contribution in [0.15, 0.2) is 12.1 Å². The lowest BCUT2D eigenvalue weighted by atomic mass is 9.91. The first-order chi connectivity index (χ1) is 9.99. The molecule has 0 heterocycles. The van der Waals surface area contributed by atoms with Crippen molar-refractivity contribution in [3.63, 3.8) is 0 Å². The van der Waals surface area contributed by atoms with Crippen molar-refractivity contribution < 1.29 is 9.53 Å². The predicted octanol–water partition coefficient (Wildman–Crippen LogP) is 5.03. The van der Waals surface area contributed by atoms with Crippen LogP contribution in [0.5, 0.6) is 5.75 Å². The number of benzene rings is 1. The van der Waals surface area contributed by atoms with Crippen molar-refractivity contribution >= 4 is 5.78 Å². The SMILES string of the molecule is CCCOc1ccc(CC(C)CC(=O)CCC)c(C)c1C. The van der Waals surface area contributed by atoms with Gasteiger partial charge < -0.3 is 4.74 Å². The van der Waals surface area contributed by atoms with E-state index >= 15 is 0 Å². The zero-order valence-corrected chi connectivity index (χ0v) is 14.3. The van der Waals surface area contributed by atoms with Gasteiger partial charge in [-0.25, -0.2) is 0 Å². The summed E-state index contributed by atoms with van der Waals surface area (Å²) < 4.78 is 5.77. The molecule has 1 aromatic rings. The van der Waals surface area contributed by atoms with Crippen LogP contribution in [-0.4, -0.2) is 12.4 Å². The number of Topliss-reactive ketones (excluding diaryl/α,β-unsaturated/α-hetero) is 1. The van der Waals surface area contributed by atoms with Gasteiger partial charge in [-0.3, -0.25) is 4.79 Å². The molecule has 1 aromatic carbocycles. The molecule has 0 fully saturated rings. The highest BCUT2D eigenvalue weighted by atomic mass is 16.5. The third-order valence-electron chi connectivity index (χ3n) is 3.98. The van der Waals surface area contributed by atoms with E-state index in [1.54, 1.807) is 0 Å². The van der Waals surface area contributed by atoms with Gasteiger partial charge in [0.1, 0.15) is 11.5 Å². The Labute approximate surface area is 129 Å². The molecule has 0 bridgehead atoms. The second-order valence-corrected chi connectivity index (χ2v) is 6.12. The minimum atomic E-state index is 0.391. The van der Waals surface area contributed by atoms with E-state index in [0.29, 0.717) is 24.5 Å². The number of hydrogen-bond donors (Lipinski definition) is 0. The van der Waals surface area contributed by atoms with E-state index in [9.17, 15) is 4.79 Å². The summed E-state index contributed by atoms with van der Waals surface area (Å²) in [6, 6.07) is 4.24. The number of ketones is 1. The largest absolute Gasteiger partial charge is 0.493 e. The Morgan fingerprint density at radius 1 is 1.14 bits per heavy atom. The molecule has 118 valence electrons. The predicted molar refractivity (Wildman–Crippen MR) is 89.1 cm³/mol. The summed E-state index contributed by atoms with van der Waals surface area (Å²) in [7, 11) is 0. The Morgan fingerprint density at radius 2 is 1.86 bits per heavy atom. The number of carbonyl (C=O) groups excluding carboxylic acids is 1.